The maximum Gasteiger partial charge on any atom is 0.267 e. The quantitative estimate of drug-likeness (QED) is 0.273. The Labute approximate surface area is 209 Å². The van der Waals surface area contributed by atoms with Crippen molar-refractivity contribution in [2.24, 2.45) is 0 Å². The van der Waals surface area contributed by atoms with E-state index in [1.165, 1.54) is 11.8 Å². The van der Waals surface area contributed by atoms with Crippen molar-refractivity contribution in [1.29, 1.82) is 0 Å². The van der Waals surface area contributed by atoms with Gasteiger partial charge in [0.2, 0.25) is 5.78 Å². The van der Waals surface area contributed by atoms with Gasteiger partial charge in [0.05, 0.1) is 22.3 Å². The fourth-order valence-electron chi connectivity index (χ4n) is 3.97. The normalized spacial score (nSPS) is 11.5. The lowest BCUT2D eigenvalue weighted by Crippen LogP contribution is -2.21. The van der Waals surface area contributed by atoms with Gasteiger partial charge in [-0.1, -0.05) is 70.5 Å². The summed E-state index contributed by atoms with van der Waals surface area (Å²) in [5.41, 5.74) is 4.13. The van der Waals surface area contributed by atoms with E-state index in [9.17, 15) is 4.79 Å². The predicted octanol–water partition coefficient (Wildman–Crippen LogP) is 5.94. The second-order valence-electron chi connectivity index (χ2n) is 8.09. The van der Waals surface area contributed by atoms with Crippen LogP contribution in [0, 0.1) is 6.92 Å². The first-order valence-electron chi connectivity index (χ1n) is 10.9. The minimum Gasteiger partial charge on any atom is -0.360 e. The molecule has 0 N–H and O–H groups in total. The van der Waals surface area contributed by atoms with Gasteiger partial charge in [-0.05, 0) is 43.3 Å². The van der Waals surface area contributed by atoms with E-state index in [0.717, 1.165) is 28.0 Å². The summed E-state index contributed by atoms with van der Waals surface area (Å²) < 4.78 is 9.07. The average molecular weight is 500 g/mol. The van der Waals surface area contributed by atoms with Crippen molar-refractivity contribution in [1.82, 2.24) is 24.3 Å². The third kappa shape index (κ3) is 3.90. The Balaban J connectivity index is 1.40. The Kier molecular flexibility index (Phi) is 5.39. The van der Waals surface area contributed by atoms with E-state index in [1.54, 1.807) is 4.57 Å². The molecule has 35 heavy (non-hydrogen) atoms. The zero-order chi connectivity index (χ0) is 23.9. The largest absolute Gasteiger partial charge is 0.360 e. The molecule has 0 unspecified atom stereocenters. The molecule has 0 aliphatic heterocycles. The molecule has 172 valence electrons. The van der Waals surface area contributed by atoms with Gasteiger partial charge in [-0.3, -0.25) is 9.20 Å². The average Bonchev–Trinajstić information content (AvgIpc) is 3.52. The highest BCUT2D eigenvalue weighted by Crippen LogP contribution is 2.28. The number of hydrogen-bond acceptors (Lipinski definition) is 6. The Bertz CT molecular complexity index is 1740. The van der Waals surface area contributed by atoms with E-state index in [2.05, 4.69) is 15.4 Å². The topological polar surface area (TPSA) is 78.2 Å². The van der Waals surface area contributed by atoms with Crippen LogP contribution in [0.1, 0.15) is 11.3 Å². The molecule has 6 aromatic rings. The number of para-hydroxylation sites is 1. The zero-order valence-corrected chi connectivity index (χ0v) is 20.1. The number of hydrogen-bond donors (Lipinski definition) is 0. The maximum atomic E-state index is 13.4. The summed E-state index contributed by atoms with van der Waals surface area (Å²) in [6.07, 6.45) is 0. The van der Waals surface area contributed by atoms with Crippen LogP contribution in [-0.4, -0.2) is 24.3 Å². The van der Waals surface area contributed by atoms with E-state index in [-0.39, 0.29) is 5.56 Å². The van der Waals surface area contributed by atoms with Crippen LogP contribution in [0.5, 0.6) is 0 Å². The fourth-order valence-corrected chi connectivity index (χ4v) is 4.91. The van der Waals surface area contributed by atoms with E-state index in [4.69, 9.17) is 16.1 Å². The molecule has 0 atom stereocenters. The standard InChI is InChI=1S/C26H18ClN5O2S/c1-16-6-12-19(13-7-16)31-24(33)21-4-2-3-5-23(21)32-25(31)28-29-26(32)35-15-20-14-22(30-34-20)17-8-10-18(27)11-9-17/h2-14H,15H2,1H3. The molecule has 6 rings (SSSR count). The number of aromatic nitrogens is 5. The molecule has 0 radical (unpaired) electrons. The van der Waals surface area contributed by atoms with Crippen LogP contribution in [0.15, 0.2) is 93.3 Å². The van der Waals surface area contributed by atoms with Crippen molar-refractivity contribution in [3.05, 3.63) is 106 Å². The predicted molar refractivity (Wildman–Crippen MR) is 137 cm³/mol. The Morgan fingerprint density at radius 2 is 1.74 bits per heavy atom. The maximum absolute atomic E-state index is 13.4. The third-order valence-corrected chi connectivity index (χ3v) is 6.93. The van der Waals surface area contributed by atoms with Gasteiger partial charge in [0.25, 0.3) is 5.56 Å². The Morgan fingerprint density at radius 3 is 2.54 bits per heavy atom. The van der Waals surface area contributed by atoms with Gasteiger partial charge in [0.15, 0.2) is 5.16 Å². The van der Waals surface area contributed by atoms with Crippen molar-refractivity contribution in [3.8, 4) is 16.9 Å². The lowest BCUT2D eigenvalue weighted by molar-refractivity contribution is 0.397. The Morgan fingerprint density at radius 1 is 0.971 bits per heavy atom. The molecule has 3 heterocycles. The summed E-state index contributed by atoms with van der Waals surface area (Å²) in [5, 5.41) is 14.9. The summed E-state index contributed by atoms with van der Waals surface area (Å²) >= 11 is 7.45. The molecule has 7 nitrogen and oxygen atoms in total. The first-order chi connectivity index (χ1) is 17.1. The molecule has 0 saturated heterocycles. The minimum absolute atomic E-state index is 0.135. The Hall–Kier alpha value is -3.88. The van der Waals surface area contributed by atoms with Gasteiger partial charge in [-0.15, -0.1) is 10.2 Å². The molecule has 0 aliphatic carbocycles. The summed E-state index contributed by atoms with van der Waals surface area (Å²) in [7, 11) is 0. The van der Waals surface area contributed by atoms with E-state index in [0.29, 0.717) is 32.9 Å². The van der Waals surface area contributed by atoms with E-state index < -0.39 is 0 Å². The summed E-state index contributed by atoms with van der Waals surface area (Å²) in [5.74, 6) is 1.66. The van der Waals surface area contributed by atoms with Gasteiger partial charge in [-0.2, -0.15) is 0 Å². The van der Waals surface area contributed by atoms with Crippen LogP contribution in [0.25, 0.3) is 33.6 Å². The monoisotopic (exact) mass is 499 g/mol. The molecule has 0 bridgehead atoms. The smallest absolute Gasteiger partial charge is 0.267 e. The van der Waals surface area contributed by atoms with Crippen LogP contribution in [0.3, 0.4) is 0 Å². The van der Waals surface area contributed by atoms with Crippen LogP contribution in [-0.2, 0) is 5.75 Å². The molecule has 0 spiro atoms. The van der Waals surface area contributed by atoms with Crippen molar-refractivity contribution >= 4 is 40.0 Å². The molecule has 0 fully saturated rings. The lowest BCUT2D eigenvalue weighted by Gasteiger charge is -2.11. The first-order valence-corrected chi connectivity index (χ1v) is 12.2. The zero-order valence-electron chi connectivity index (χ0n) is 18.6. The summed E-state index contributed by atoms with van der Waals surface area (Å²) in [6.45, 7) is 2.01. The van der Waals surface area contributed by atoms with Crippen LogP contribution >= 0.6 is 23.4 Å². The van der Waals surface area contributed by atoms with Gasteiger partial charge >= 0.3 is 0 Å². The van der Waals surface area contributed by atoms with Crippen molar-refractivity contribution in [2.45, 2.75) is 17.8 Å². The van der Waals surface area contributed by atoms with E-state index in [1.807, 2.05) is 90.2 Å². The highest BCUT2D eigenvalue weighted by Gasteiger charge is 2.18. The highest BCUT2D eigenvalue weighted by atomic mass is 35.5. The van der Waals surface area contributed by atoms with Crippen LogP contribution in [0.4, 0.5) is 0 Å². The van der Waals surface area contributed by atoms with Gasteiger partial charge in [-0.25, -0.2) is 4.57 Å². The number of rotatable bonds is 5. The minimum atomic E-state index is -0.135. The molecule has 0 saturated carbocycles. The summed E-state index contributed by atoms with van der Waals surface area (Å²) in [4.78, 5) is 13.4. The van der Waals surface area contributed by atoms with Crippen molar-refractivity contribution in [3.63, 3.8) is 0 Å². The van der Waals surface area contributed by atoms with Gasteiger partial charge < -0.3 is 4.52 Å². The molecular formula is C26H18ClN5O2S. The molecule has 0 amide bonds. The molecule has 0 aliphatic rings. The summed E-state index contributed by atoms with van der Waals surface area (Å²) in [6, 6.07) is 24.6. The van der Waals surface area contributed by atoms with Crippen molar-refractivity contribution < 1.29 is 4.52 Å². The second kappa shape index (κ2) is 8.72. The fraction of sp³-hybridized carbons (Fsp3) is 0.0769. The van der Waals surface area contributed by atoms with Crippen molar-refractivity contribution in [2.75, 3.05) is 0 Å². The third-order valence-electron chi connectivity index (χ3n) is 5.73. The van der Waals surface area contributed by atoms with Crippen LogP contribution in [0.2, 0.25) is 5.02 Å². The van der Waals surface area contributed by atoms with Crippen LogP contribution < -0.4 is 5.56 Å². The number of fused-ring (bicyclic) bond motifs is 3. The number of halogens is 1. The molecule has 9 heteroatoms. The molecule has 3 aromatic heterocycles. The number of thioether (sulfide) groups is 1. The van der Waals surface area contributed by atoms with Gasteiger partial charge in [0.1, 0.15) is 11.5 Å². The number of benzene rings is 3. The number of nitrogens with zero attached hydrogens (tertiary/aromatic N) is 5. The first kappa shape index (κ1) is 21.6. The lowest BCUT2D eigenvalue weighted by atomic mass is 10.1. The molecular weight excluding hydrogens is 482 g/mol. The number of aryl methyl sites for hydroxylation is 1. The second-order valence-corrected chi connectivity index (χ2v) is 9.46. The highest BCUT2D eigenvalue weighted by molar-refractivity contribution is 7.98. The van der Waals surface area contributed by atoms with Gasteiger partial charge in [0, 0.05) is 16.7 Å². The van der Waals surface area contributed by atoms with E-state index >= 15 is 0 Å². The SMILES string of the molecule is Cc1ccc(-n2c(=O)c3ccccc3n3c(SCc4cc(-c5ccc(Cl)cc5)no4)nnc23)cc1. The molecule has 3 aromatic carbocycles.